The third-order valence-corrected chi connectivity index (χ3v) is 7.70. The number of nitrogens with one attached hydrogen (secondary N) is 2. The molecule has 3 amide bonds. The number of hydrogen-bond donors (Lipinski definition) is 3. The SMILES string of the molecule is CC[C@H](S)NC[C@H]1CN(c2ccc(N3CCN(C(=O)CCC(=O)c4ccc(NC(C)=O)cc4)CC3)c(F)c2)C(=O)O1. The summed E-state index contributed by atoms with van der Waals surface area (Å²) >= 11 is 4.39. The second-order valence-corrected chi connectivity index (χ2v) is 10.8. The molecule has 0 aliphatic carbocycles. The van der Waals surface area contributed by atoms with Crippen LogP contribution in [0.2, 0.25) is 0 Å². The van der Waals surface area contributed by atoms with Gasteiger partial charge in [-0.2, -0.15) is 12.6 Å². The maximum absolute atomic E-state index is 15.1. The Hall–Kier alpha value is -3.64. The number of Topliss-reactive ketones (excluding diaryl/α,β-unsaturated/α-hetero) is 1. The third kappa shape index (κ3) is 7.98. The zero-order valence-electron chi connectivity index (χ0n) is 23.3. The van der Waals surface area contributed by atoms with Gasteiger partial charge in [0.05, 0.1) is 23.3 Å². The van der Waals surface area contributed by atoms with Gasteiger partial charge in [0.15, 0.2) is 5.78 Å². The molecule has 2 atom stereocenters. The van der Waals surface area contributed by atoms with Crippen LogP contribution < -0.4 is 20.4 Å². The molecule has 10 nitrogen and oxygen atoms in total. The van der Waals surface area contributed by atoms with Gasteiger partial charge in [-0.3, -0.25) is 19.3 Å². The van der Waals surface area contributed by atoms with E-state index in [4.69, 9.17) is 4.74 Å². The van der Waals surface area contributed by atoms with Crippen molar-refractivity contribution in [3.05, 3.63) is 53.8 Å². The zero-order chi connectivity index (χ0) is 29.5. The van der Waals surface area contributed by atoms with E-state index in [1.165, 1.54) is 17.9 Å². The van der Waals surface area contributed by atoms with E-state index in [-0.39, 0.29) is 41.9 Å². The molecule has 2 aliphatic heterocycles. The number of carbonyl (C=O) groups is 4. The highest BCUT2D eigenvalue weighted by Crippen LogP contribution is 2.29. The van der Waals surface area contributed by atoms with Gasteiger partial charge in [-0.25, -0.2) is 9.18 Å². The molecule has 2 N–H and O–H groups in total. The van der Waals surface area contributed by atoms with Gasteiger partial charge in [-0.15, -0.1) is 0 Å². The number of thiol groups is 1. The van der Waals surface area contributed by atoms with Gasteiger partial charge >= 0.3 is 6.09 Å². The molecule has 4 rings (SSSR count). The van der Waals surface area contributed by atoms with Crippen molar-refractivity contribution in [2.75, 3.05) is 54.4 Å². The lowest BCUT2D eigenvalue weighted by molar-refractivity contribution is -0.131. The Bertz CT molecular complexity index is 1270. The number of piperazine rings is 1. The Morgan fingerprint density at radius 3 is 2.41 bits per heavy atom. The Labute approximate surface area is 244 Å². The first-order valence-electron chi connectivity index (χ1n) is 13.8. The summed E-state index contributed by atoms with van der Waals surface area (Å²) in [6.07, 6.45) is 0.148. The van der Waals surface area contributed by atoms with Crippen molar-refractivity contribution >= 4 is 53.4 Å². The summed E-state index contributed by atoms with van der Waals surface area (Å²) in [6.45, 7) is 5.92. The Morgan fingerprint density at radius 1 is 1.07 bits per heavy atom. The maximum Gasteiger partial charge on any atom is 0.414 e. The van der Waals surface area contributed by atoms with Crippen LogP contribution in [0.15, 0.2) is 42.5 Å². The molecule has 0 saturated carbocycles. The van der Waals surface area contributed by atoms with Crippen molar-refractivity contribution < 1.29 is 28.3 Å². The lowest BCUT2D eigenvalue weighted by atomic mass is 10.1. The molecular weight excluding hydrogens is 549 g/mol. The summed E-state index contributed by atoms with van der Waals surface area (Å²) in [6, 6.07) is 11.3. The molecule has 0 radical (unpaired) electrons. The minimum atomic E-state index is -0.510. The number of carbonyl (C=O) groups excluding carboxylic acids is 4. The number of hydrogen-bond acceptors (Lipinski definition) is 8. The largest absolute Gasteiger partial charge is 0.443 e. The number of anilines is 3. The van der Waals surface area contributed by atoms with Gasteiger partial charge in [0, 0.05) is 63.7 Å². The van der Waals surface area contributed by atoms with E-state index in [2.05, 4.69) is 23.3 Å². The molecule has 0 unspecified atom stereocenters. The Balaban J connectivity index is 1.25. The first-order chi connectivity index (χ1) is 19.6. The lowest BCUT2D eigenvalue weighted by Crippen LogP contribution is -2.49. The van der Waals surface area contributed by atoms with Crippen molar-refractivity contribution in [2.24, 2.45) is 0 Å². The zero-order valence-corrected chi connectivity index (χ0v) is 24.2. The molecule has 2 aromatic rings. The predicted octanol–water partition coefficient (Wildman–Crippen LogP) is 3.68. The quantitative estimate of drug-likeness (QED) is 0.210. The fourth-order valence-corrected chi connectivity index (χ4v) is 4.94. The van der Waals surface area contributed by atoms with Gasteiger partial charge in [-0.05, 0) is 48.9 Å². The molecule has 2 aliphatic rings. The van der Waals surface area contributed by atoms with Crippen LogP contribution in [0, 0.1) is 5.82 Å². The molecule has 41 heavy (non-hydrogen) atoms. The van der Waals surface area contributed by atoms with Crippen molar-refractivity contribution in [1.82, 2.24) is 10.2 Å². The van der Waals surface area contributed by atoms with Crippen LogP contribution in [0.3, 0.4) is 0 Å². The molecule has 220 valence electrons. The number of ether oxygens (including phenoxy) is 1. The van der Waals surface area contributed by atoms with Gasteiger partial charge in [0.1, 0.15) is 11.9 Å². The first-order valence-corrected chi connectivity index (χ1v) is 14.3. The molecule has 0 spiro atoms. The Kier molecular flexibility index (Phi) is 10.2. The van der Waals surface area contributed by atoms with Crippen LogP contribution in [0.4, 0.5) is 26.2 Å². The molecule has 0 aromatic heterocycles. The third-order valence-electron chi connectivity index (χ3n) is 7.15. The van der Waals surface area contributed by atoms with Crippen LogP contribution in [-0.4, -0.2) is 79.3 Å². The second-order valence-electron chi connectivity index (χ2n) is 10.1. The highest BCUT2D eigenvalue weighted by atomic mass is 32.1. The van der Waals surface area contributed by atoms with E-state index < -0.39 is 11.9 Å². The van der Waals surface area contributed by atoms with Gasteiger partial charge in [-0.1, -0.05) is 6.92 Å². The molecule has 0 bridgehead atoms. The fraction of sp³-hybridized carbons (Fsp3) is 0.448. The predicted molar refractivity (Wildman–Crippen MR) is 158 cm³/mol. The highest BCUT2D eigenvalue weighted by molar-refractivity contribution is 7.80. The number of benzene rings is 2. The number of nitrogens with zero attached hydrogens (tertiary/aromatic N) is 3. The summed E-state index contributed by atoms with van der Waals surface area (Å²) in [5.74, 6) is -0.915. The number of cyclic esters (lactones) is 1. The lowest BCUT2D eigenvalue weighted by Gasteiger charge is -2.36. The highest BCUT2D eigenvalue weighted by Gasteiger charge is 2.33. The van der Waals surface area contributed by atoms with E-state index in [9.17, 15) is 19.2 Å². The number of rotatable bonds is 11. The summed E-state index contributed by atoms with van der Waals surface area (Å²) in [7, 11) is 0. The molecule has 12 heteroatoms. The minimum Gasteiger partial charge on any atom is -0.443 e. The number of halogens is 1. The standard InChI is InChI=1S/C29H36FN5O5S/c1-3-27(41)31-17-23-18-35(29(39)40-23)22-8-9-25(24(30)16-22)33-12-14-34(15-13-33)28(38)11-10-26(37)20-4-6-21(7-5-20)32-19(2)36/h4-9,16,23,27,31,41H,3,10-15,17-18H2,1-2H3,(H,32,36)/t23-,27-/m0/s1. The van der Waals surface area contributed by atoms with Crippen LogP contribution in [0.5, 0.6) is 0 Å². The van der Waals surface area contributed by atoms with E-state index in [1.54, 1.807) is 41.3 Å². The summed E-state index contributed by atoms with van der Waals surface area (Å²) in [4.78, 5) is 53.8. The minimum absolute atomic E-state index is 0.0128. The van der Waals surface area contributed by atoms with E-state index in [0.29, 0.717) is 61.9 Å². The van der Waals surface area contributed by atoms with Crippen molar-refractivity contribution in [3.8, 4) is 0 Å². The van der Waals surface area contributed by atoms with Crippen LogP contribution >= 0.6 is 12.6 Å². The average molecular weight is 586 g/mol. The smallest absolute Gasteiger partial charge is 0.414 e. The van der Waals surface area contributed by atoms with Gasteiger partial charge < -0.3 is 25.2 Å². The summed E-state index contributed by atoms with van der Waals surface area (Å²) in [5.41, 5.74) is 1.92. The summed E-state index contributed by atoms with van der Waals surface area (Å²) in [5, 5.41) is 5.85. The fourth-order valence-electron chi connectivity index (χ4n) is 4.83. The van der Waals surface area contributed by atoms with Crippen molar-refractivity contribution in [3.63, 3.8) is 0 Å². The van der Waals surface area contributed by atoms with E-state index in [1.807, 2.05) is 11.8 Å². The van der Waals surface area contributed by atoms with Crippen molar-refractivity contribution in [1.29, 1.82) is 0 Å². The molecular formula is C29H36FN5O5S. The first kappa shape index (κ1) is 30.3. The van der Waals surface area contributed by atoms with E-state index in [0.717, 1.165) is 6.42 Å². The molecule has 2 aromatic carbocycles. The number of amides is 3. The topological polar surface area (TPSA) is 111 Å². The van der Waals surface area contributed by atoms with E-state index >= 15 is 4.39 Å². The van der Waals surface area contributed by atoms with Gasteiger partial charge in [0.25, 0.3) is 0 Å². The van der Waals surface area contributed by atoms with Gasteiger partial charge in [0.2, 0.25) is 11.8 Å². The Morgan fingerprint density at radius 2 is 1.78 bits per heavy atom. The molecule has 2 heterocycles. The maximum atomic E-state index is 15.1. The average Bonchev–Trinajstić information content (AvgIpc) is 3.34. The van der Waals surface area contributed by atoms with Crippen LogP contribution in [0.1, 0.15) is 43.5 Å². The summed E-state index contributed by atoms with van der Waals surface area (Å²) < 4.78 is 20.6. The molecule has 2 fully saturated rings. The second kappa shape index (κ2) is 13.8. The van der Waals surface area contributed by atoms with Crippen LogP contribution in [-0.2, 0) is 14.3 Å². The monoisotopic (exact) mass is 585 g/mol. The van der Waals surface area contributed by atoms with Crippen molar-refractivity contribution in [2.45, 2.75) is 44.6 Å². The molecule has 2 saturated heterocycles. The normalized spacial score (nSPS) is 17.8. The number of ketones is 1. The van der Waals surface area contributed by atoms with Crippen LogP contribution in [0.25, 0.3) is 0 Å².